The fourth-order valence-corrected chi connectivity index (χ4v) is 2.01. The molecule has 0 atom stereocenters. The van der Waals surface area contributed by atoms with Crippen molar-refractivity contribution < 1.29 is 10.0 Å². The molecule has 0 aliphatic carbocycles. The van der Waals surface area contributed by atoms with Gasteiger partial charge >= 0.3 is 0 Å². The van der Waals surface area contributed by atoms with E-state index in [-0.39, 0.29) is 11.7 Å². The highest BCUT2D eigenvalue weighted by atomic mass is 35.5. The average molecular weight is 298 g/mol. The zero-order valence-corrected chi connectivity index (χ0v) is 12.5. The van der Waals surface area contributed by atoms with Crippen molar-refractivity contribution in [3.8, 4) is 0 Å². The van der Waals surface area contributed by atoms with E-state index in [2.05, 4.69) is 5.16 Å². The molecule has 5 nitrogen and oxygen atoms in total. The predicted molar refractivity (Wildman–Crippen MR) is 80.2 cm³/mol. The molecule has 0 aliphatic rings. The Balaban J connectivity index is 2.84. The molecule has 20 heavy (non-hydrogen) atoms. The van der Waals surface area contributed by atoms with Crippen LogP contribution in [0.5, 0.6) is 0 Å². The van der Waals surface area contributed by atoms with E-state index in [1.165, 1.54) is 0 Å². The standard InChI is InChI=1S/C14H20ClN3O2/c1-10(2)9-18(7-6-13(16)17-20)14(19)11-4-3-5-12(15)8-11/h3-5,8,10,20H,6-7,9H2,1-2H3,(H2,16,17). The molecule has 0 aromatic heterocycles. The van der Waals surface area contributed by atoms with Crippen LogP contribution in [0.3, 0.4) is 0 Å². The van der Waals surface area contributed by atoms with Crippen molar-refractivity contribution in [1.29, 1.82) is 0 Å². The lowest BCUT2D eigenvalue weighted by atomic mass is 10.1. The van der Waals surface area contributed by atoms with Crippen molar-refractivity contribution in [2.45, 2.75) is 20.3 Å². The predicted octanol–water partition coefficient (Wildman–Crippen LogP) is 2.57. The zero-order valence-electron chi connectivity index (χ0n) is 11.7. The molecule has 1 aromatic carbocycles. The van der Waals surface area contributed by atoms with Crippen molar-refractivity contribution >= 4 is 23.3 Å². The third-order valence-electron chi connectivity index (χ3n) is 2.71. The number of carbonyl (C=O) groups is 1. The molecule has 1 rings (SSSR count). The Morgan fingerprint density at radius 2 is 2.20 bits per heavy atom. The van der Waals surface area contributed by atoms with E-state index in [0.29, 0.717) is 36.0 Å². The summed E-state index contributed by atoms with van der Waals surface area (Å²) in [5.41, 5.74) is 6.00. The maximum absolute atomic E-state index is 12.5. The van der Waals surface area contributed by atoms with Gasteiger partial charge in [0, 0.05) is 30.1 Å². The Morgan fingerprint density at radius 3 is 2.75 bits per heavy atom. The lowest BCUT2D eigenvalue weighted by Crippen LogP contribution is -2.36. The van der Waals surface area contributed by atoms with Crippen LogP contribution in [-0.4, -0.2) is 34.9 Å². The Bertz CT molecular complexity index is 489. The number of nitrogens with two attached hydrogens (primary N) is 1. The van der Waals surface area contributed by atoms with Gasteiger partial charge in [0.1, 0.15) is 5.84 Å². The number of carbonyl (C=O) groups excluding carboxylic acids is 1. The fraction of sp³-hybridized carbons (Fsp3) is 0.429. The van der Waals surface area contributed by atoms with E-state index in [1.54, 1.807) is 29.2 Å². The average Bonchev–Trinajstić information content (AvgIpc) is 2.41. The van der Waals surface area contributed by atoms with Crippen LogP contribution in [0.25, 0.3) is 0 Å². The van der Waals surface area contributed by atoms with E-state index >= 15 is 0 Å². The van der Waals surface area contributed by atoms with Gasteiger partial charge in [0.25, 0.3) is 5.91 Å². The second-order valence-corrected chi connectivity index (χ2v) is 5.43. The number of benzene rings is 1. The number of hydrogen-bond acceptors (Lipinski definition) is 3. The van der Waals surface area contributed by atoms with Gasteiger partial charge in [-0.15, -0.1) is 0 Å². The van der Waals surface area contributed by atoms with Crippen LogP contribution >= 0.6 is 11.6 Å². The van der Waals surface area contributed by atoms with Crippen LogP contribution < -0.4 is 5.73 Å². The van der Waals surface area contributed by atoms with Gasteiger partial charge in [0.2, 0.25) is 0 Å². The van der Waals surface area contributed by atoms with E-state index in [1.807, 2.05) is 13.8 Å². The molecule has 0 aliphatic heterocycles. The first kappa shape index (κ1) is 16.3. The molecular weight excluding hydrogens is 278 g/mol. The maximum Gasteiger partial charge on any atom is 0.253 e. The maximum atomic E-state index is 12.5. The molecule has 0 unspecified atom stereocenters. The molecule has 1 amide bonds. The minimum Gasteiger partial charge on any atom is -0.409 e. The molecule has 0 heterocycles. The van der Waals surface area contributed by atoms with Gasteiger partial charge in [-0.2, -0.15) is 0 Å². The number of hydrogen-bond donors (Lipinski definition) is 2. The first-order chi connectivity index (χ1) is 9.43. The van der Waals surface area contributed by atoms with E-state index < -0.39 is 0 Å². The molecule has 6 heteroatoms. The van der Waals surface area contributed by atoms with Crippen molar-refractivity contribution in [3.05, 3.63) is 34.9 Å². The molecule has 110 valence electrons. The summed E-state index contributed by atoms with van der Waals surface area (Å²) < 4.78 is 0. The summed E-state index contributed by atoms with van der Waals surface area (Å²) in [5.74, 6) is 0.329. The minimum absolute atomic E-state index is 0.105. The Labute approximate surface area is 124 Å². The third-order valence-corrected chi connectivity index (χ3v) is 2.95. The Morgan fingerprint density at radius 1 is 1.50 bits per heavy atom. The van der Waals surface area contributed by atoms with Crippen molar-refractivity contribution in [2.75, 3.05) is 13.1 Å². The minimum atomic E-state index is -0.105. The second-order valence-electron chi connectivity index (χ2n) is 5.00. The summed E-state index contributed by atoms with van der Waals surface area (Å²) in [6, 6.07) is 6.83. The quantitative estimate of drug-likeness (QED) is 0.366. The summed E-state index contributed by atoms with van der Waals surface area (Å²) in [4.78, 5) is 14.1. The molecule has 1 aromatic rings. The van der Waals surface area contributed by atoms with E-state index in [4.69, 9.17) is 22.5 Å². The monoisotopic (exact) mass is 297 g/mol. The highest BCUT2D eigenvalue weighted by molar-refractivity contribution is 6.30. The molecule has 0 saturated heterocycles. The lowest BCUT2D eigenvalue weighted by Gasteiger charge is -2.24. The second kappa shape index (κ2) is 7.75. The van der Waals surface area contributed by atoms with Crippen LogP contribution in [-0.2, 0) is 0 Å². The molecule has 3 N–H and O–H groups in total. The number of amides is 1. The number of nitrogens with zero attached hydrogens (tertiary/aromatic N) is 2. The van der Waals surface area contributed by atoms with Crippen LogP contribution in [0.1, 0.15) is 30.6 Å². The SMILES string of the molecule is CC(C)CN(CCC(N)=NO)C(=O)c1cccc(Cl)c1. The Hall–Kier alpha value is -1.75. The molecule has 0 spiro atoms. The summed E-state index contributed by atoms with van der Waals surface area (Å²) in [7, 11) is 0. The molecule has 0 fully saturated rings. The van der Waals surface area contributed by atoms with Gasteiger partial charge < -0.3 is 15.8 Å². The highest BCUT2D eigenvalue weighted by Gasteiger charge is 2.17. The number of oxime groups is 1. The fourth-order valence-electron chi connectivity index (χ4n) is 1.82. The van der Waals surface area contributed by atoms with E-state index in [9.17, 15) is 4.79 Å². The third kappa shape index (κ3) is 5.09. The van der Waals surface area contributed by atoms with E-state index in [0.717, 1.165) is 0 Å². The van der Waals surface area contributed by atoms with Gasteiger partial charge in [0.15, 0.2) is 0 Å². The van der Waals surface area contributed by atoms with Crippen molar-refractivity contribution in [2.24, 2.45) is 16.8 Å². The number of amidine groups is 1. The molecule has 0 bridgehead atoms. The summed E-state index contributed by atoms with van der Waals surface area (Å²) >= 11 is 5.91. The van der Waals surface area contributed by atoms with Gasteiger partial charge in [-0.25, -0.2) is 0 Å². The number of halogens is 1. The summed E-state index contributed by atoms with van der Waals surface area (Å²) in [5, 5.41) is 12.0. The van der Waals surface area contributed by atoms with Crippen LogP contribution in [0, 0.1) is 5.92 Å². The molecule has 0 saturated carbocycles. The smallest absolute Gasteiger partial charge is 0.253 e. The van der Waals surface area contributed by atoms with Crippen LogP contribution in [0.15, 0.2) is 29.4 Å². The first-order valence-electron chi connectivity index (χ1n) is 6.45. The summed E-state index contributed by atoms with van der Waals surface area (Å²) in [6.45, 7) is 5.06. The van der Waals surface area contributed by atoms with Crippen LogP contribution in [0.2, 0.25) is 5.02 Å². The van der Waals surface area contributed by atoms with Crippen LogP contribution in [0.4, 0.5) is 0 Å². The summed E-state index contributed by atoms with van der Waals surface area (Å²) in [6.07, 6.45) is 0.329. The number of rotatable bonds is 6. The molecular formula is C14H20ClN3O2. The normalized spacial score (nSPS) is 11.7. The zero-order chi connectivity index (χ0) is 15.1. The largest absolute Gasteiger partial charge is 0.409 e. The highest BCUT2D eigenvalue weighted by Crippen LogP contribution is 2.14. The molecule has 0 radical (unpaired) electrons. The van der Waals surface area contributed by atoms with Gasteiger partial charge in [-0.05, 0) is 24.1 Å². The van der Waals surface area contributed by atoms with Gasteiger partial charge in [-0.3, -0.25) is 4.79 Å². The first-order valence-corrected chi connectivity index (χ1v) is 6.83. The van der Waals surface area contributed by atoms with Gasteiger partial charge in [0.05, 0.1) is 0 Å². The topological polar surface area (TPSA) is 78.9 Å². The lowest BCUT2D eigenvalue weighted by molar-refractivity contribution is 0.0740. The Kier molecular flexibility index (Phi) is 6.31. The van der Waals surface area contributed by atoms with Crippen molar-refractivity contribution in [3.63, 3.8) is 0 Å². The van der Waals surface area contributed by atoms with Crippen molar-refractivity contribution in [1.82, 2.24) is 4.90 Å². The van der Waals surface area contributed by atoms with Gasteiger partial charge in [-0.1, -0.05) is 36.7 Å².